The van der Waals surface area contributed by atoms with Crippen LogP contribution in [0.1, 0.15) is 0 Å². The van der Waals surface area contributed by atoms with E-state index >= 15 is 0 Å². The first kappa shape index (κ1) is 18.1. The summed E-state index contributed by atoms with van der Waals surface area (Å²) in [7, 11) is -6.89. The highest BCUT2D eigenvalue weighted by molar-refractivity contribution is 14.1. The molecule has 0 aromatic heterocycles. The molecule has 0 aliphatic heterocycles. The maximum absolute atomic E-state index is 13.7. The molecule has 1 saturated carbocycles. The van der Waals surface area contributed by atoms with Crippen LogP contribution in [0, 0.1) is 0 Å². The molecule has 0 amide bonds. The van der Waals surface area contributed by atoms with E-state index in [1.807, 2.05) is 0 Å². The van der Waals surface area contributed by atoms with E-state index in [4.69, 9.17) is 4.55 Å². The Morgan fingerprint density at radius 3 is 1.55 bits per heavy atom. The Morgan fingerprint density at radius 1 is 0.900 bits per heavy atom. The zero-order valence-electron chi connectivity index (χ0n) is 8.53. The molecule has 14 heteroatoms. The third-order valence-corrected chi connectivity index (χ3v) is 5.72. The summed E-state index contributed by atoms with van der Waals surface area (Å²) in [6, 6.07) is 0. The van der Waals surface area contributed by atoms with Crippen LogP contribution in [0.4, 0.5) is 39.5 Å². The van der Waals surface area contributed by atoms with E-state index in [0.717, 1.165) is 0 Å². The maximum atomic E-state index is 13.7. The third-order valence-electron chi connectivity index (χ3n) is 2.66. The van der Waals surface area contributed by atoms with Crippen molar-refractivity contribution < 1.29 is 52.5 Å². The minimum Gasteiger partial charge on any atom is -0.283 e. The minimum absolute atomic E-state index is 0.589. The molecule has 1 aliphatic rings. The Kier molecular flexibility index (Phi) is 3.66. The molecule has 0 spiro atoms. The van der Waals surface area contributed by atoms with E-state index in [0.29, 0.717) is 0 Å². The smallest absolute Gasteiger partial charge is 0.283 e. The van der Waals surface area contributed by atoms with E-state index in [1.54, 1.807) is 0 Å². The molecular weight excluding hydrogens is 450 g/mol. The number of hydrogen-bond acceptors (Lipinski definition) is 2. The van der Waals surface area contributed by atoms with E-state index < -0.39 is 65.3 Å². The summed E-state index contributed by atoms with van der Waals surface area (Å²) in [6.45, 7) is 0. The van der Waals surface area contributed by atoms with Gasteiger partial charge in [-0.25, -0.2) is 13.2 Å². The molecule has 120 valence electrons. The largest absolute Gasteiger partial charge is 0.379 e. The summed E-state index contributed by atoms with van der Waals surface area (Å²) in [4.78, 5) is 0. The fraction of sp³-hybridized carbons (Fsp3) is 1.00. The van der Waals surface area contributed by atoms with Gasteiger partial charge in [0.15, 0.2) is 0 Å². The molecule has 1 rings (SSSR count). The first-order valence-corrected chi connectivity index (χ1v) is 6.74. The predicted octanol–water partition coefficient (Wildman–Crippen LogP) is 2.90. The van der Waals surface area contributed by atoms with E-state index in [1.165, 1.54) is 0 Å². The second-order valence-electron chi connectivity index (χ2n) is 3.83. The van der Waals surface area contributed by atoms with Crippen molar-refractivity contribution >= 4 is 32.7 Å². The minimum atomic E-state index is -6.89. The molecule has 0 saturated heterocycles. The Bertz CT molecular complexity index is 532. The zero-order chi connectivity index (χ0) is 16.6. The van der Waals surface area contributed by atoms with Crippen molar-refractivity contribution in [3.8, 4) is 0 Å². The van der Waals surface area contributed by atoms with Crippen LogP contribution in [-0.4, -0.2) is 45.6 Å². The highest BCUT2D eigenvalue weighted by Crippen LogP contribution is 2.67. The molecule has 3 atom stereocenters. The van der Waals surface area contributed by atoms with Gasteiger partial charge >= 0.3 is 32.9 Å². The van der Waals surface area contributed by atoms with Crippen LogP contribution in [0.15, 0.2) is 0 Å². The normalized spacial score (nSPS) is 43.2. The van der Waals surface area contributed by atoms with Crippen LogP contribution >= 0.6 is 22.6 Å². The van der Waals surface area contributed by atoms with Crippen molar-refractivity contribution in [2.75, 3.05) is 0 Å². The second-order valence-corrected chi connectivity index (χ2v) is 6.86. The lowest BCUT2D eigenvalue weighted by Gasteiger charge is -2.49. The van der Waals surface area contributed by atoms with Gasteiger partial charge in [-0.3, -0.25) is 4.55 Å². The number of alkyl halides is 10. The summed E-state index contributed by atoms with van der Waals surface area (Å²) < 4.78 is 141. The van der Waals surface area contributed by atoms with Gasteiger partial charge in [0, 0.05) is 0 Å². The zero-order valence-corrected chi connectivity index (χ0v) is 11.5. The number of halogens is 10. The fourth-order valence-corrected chi connectivity index (χ4v) is 3.77. The van der Waals surface area contributed by atoms with Crippen LogP contribution in [0.25, 0.3) is 0 Å². The molecule has 0 aromatic carbocycles. The first-order chi connectivity index (χ1) is 8.40. The Hall–Kier alpha value is 0.01000. The molecule has 0 heterocycles. The Morgan fingerprint density at radius 2 is 1.25 bits per heavy atom. The molecule has 1 fully saturated rings. The van der Waals surface area contributed by atoms with Crippen LogP contribution in [-0.2, 0) is 10.1 Å². The summed E-state index contributed by atoms with van der Waals surface area (Å²) in [5.74, 6) is -20.0. The van der Waals surface area contributed by atoms with Crippen LogP contribution < -0.4 is 0 Å². The molecular formula is C6H2F9IO3S. The van der Waals surface area contributed by atoms with E-state index in [2.05, 4.69) is 0 Å². The SMILES string of the molecule is O=S(=O)(O)C1(F)C(F)C(F)(F)C(F)(F)C(F)(F)C1(F)I. The number of hydrogen-bond donors (Lipinski definition) is 1. The average molecular weight is 452 g/mol. The fourth-order valence-electron chi connectivity index (χ4n) is 1.46. The van der Waals surface area contributed by atoms with Crippen LogP contribution in [0.2, 0.25) is 0 Å². The molecule has 1 aliphatic carbocycles. The highest BCUT2D eigenvalue weighted by atomic mass is 127. The van der Waals surface area contributed by atoms with Gasteiger partial charge in [-0.1, -0.05) is 0 Å². The second kappa shape index (κ2) is 4.05. The van der Waals surface area contributed by atoms with Crippen molar-refractivity contribution in [1.29, 1.82) is 0 Å². The molecule has 0 aromatic rings. The van der Waals surface area contributed by atoms with Crippen LogP contribution in [0.3, 0.4) is 0 Å². The monoisotopic (exact) mass is 452 g/mol. The van der Waals surface area contributed by atoms with Gasteiger partial charge in [-0.05, 0) is 22.6 Å². The van der Waals surface area contributed by atoms with Crippen molar-refractivity contribution in [3.05, 3.63) is 0 Å². The molecule has 3 unspecified atom stereocenters. The van der Waals surface area contributed by atoms with Gasteiger partial charge in [-0.2, -0.15) is 34.8 Å². The van der Waals surface area contributed by atoms with Crippen molar-refractivity contribution in [1.82, 2.24) is 0 Å². The van der Waals surface area contributed by atoms with Crippen molar-refractivity contribution in [3.63, 3.8) is 0 Å². The number of rotatable bonds is 1. The van der Waals surface area contributed by atoms with Crippen molar-refractivity contribution in [2.24, 2.45) is 0 Å². The summed E-state index contributed by atoms with van der Waals surface area (Å²) in [6.07, 6.45) is -5.28. The van der Waals surface area contributed by atoms with Crippen LogP contribution in [0.5, 0.6) is 0 Å². The van der Waals surface area contributed by atoms with Gasteiger partial charge in [0.2, 0.25) is 6.17 Å². The molecule has 0 bridgehead atoms. The lowest BCUT2D eigenvalue weighted by molar-refractivity contribution is -0.384. The summed E-state index contributed by atoms with van der Waals surface area (Å²) in [5, 5.41) is -6.00. The summed E-state index contributed by atoms with van der Waals surface area (Å²) in [5.41, 5.74) is 0. The molecule has 3 nitrogen and oxygen atoms in total. The van der Waals surface area contributed by atoms with E-state index in [-0.39, 0.29) is 0 Å². The third kappa shape index (κ3) is 1.60. The quantitative estimate of drug-likeness (QED) is 0.288. The first-order valence-electron chi connectivity index (χ1n) is 4.22. The lowest BCUT2D eigenvalue weighted by atomic mass is 9.84. The topological polar surface area (TPSA) is 54.4 Å². The average Bonchev–Trinajstić information content (AvgIpc) is 2.22. The summed E-state index contributed by atoms with van der Waals surface area (Å²) >= 11 is -0.589. The van der Waals surface area contributed by atoms with Gasteiger partial charge in [0.1, 0.15) is 0 Å². The van der Waals surface area contributed by atoms with Gasteiger partial charge in [-0.15, -0.1) is 0 Å². The molecule has 0 radical (unpaired) electrons. The predicted molar refractivity (Wildman–Crippen MR) is 53.0 cm³/mol. The standard InChI is InChI=1S/C6H2F9IO3S/c7-1-2(8,9)4(11,12)5(13,14)6(15,16)3(1,10)20(17,18)19/h1H,(H,17,18,19). The Balaban J connectivity index is 3.85. The van der Waals surface area contributed by atoms with E-state index in [9.17, 15) is 47.9 Å². The van der Waals surface area contributed by atoms with Gasteiger partial charge in [0.25, 0.3) is 3.68 Å². The Labute approximate surface area is 118 Å². The maximum Gasteiger partial charge on any atom is 0.379 e. The van der Waals surface area contributed by atoms with Gasteiger partial charge < -0.3 is 0 Å². The highest BCUT2D eigenvalue weighted by Gasteiger charge is 2.96. The van der Waals surface area contributed by atoms with Crippen molar-refractivity contribution in [2.45, 2.75) is 32.6 Å². The lowest BCUT2D eigenvalue weighted by Crippen LogP contribution is -2.80. The molecule has 1 N–H and O–H groups in total. The molecule has 20 heavy (non-hydrogen) atoms. The van der Waals surface area contributed by atoms with Gasteiger partial charge in [0.05, 0.1) is 0 Å².